The summed E-state index contributed by atoms with van der Waals surface area (Å²) >= 11 is 6.57. The highest BCUT2D eigenvalue weighted by Crippen LogP contribution is 2.36. The van der Waals surface area contributed by atoms with Gasteiger partial charge in [0.05, 0.1) is 11.3 Å². The van der Waals surface area contributed by atoms with Crippen LogP contribution >= 0.6 is 11.6 Å². The number of anilines is 3. The Kier molecular flexibility index (Phi) is 6.68. The van der Waals surface area contributed by atoms with Crippen LogP contribution in [0.4, 0.5) is 21.9 Å². The Morgan fingerprint density at radius 1 is 1.16 bits per heavy atom. The molecule has 1 atom stereocenters. The molecule has 3 heterocycles. The fourth-order valence-corrected chi connectivity index (χ4v) is 4.30. The Morgan fingerprint density at radius 3 is 2.74 bits per heavy atom. The third kappa shape index (κ3) is 5.13. The SMILES string of the molecule is CC1=C(C(=O)Nc2cc(N(O)O)ccn2)C(c2ccc(C)cc2Cl)N=C(Nc2nc3ccc(F)cc3o2)N1. The van der Waals surface area contributed by atoms with E-state index in [0.29, 0.717) is 21.8 Å². The molecule has 13 heteroatoms. The summed E-state index contributed by atoms with van der Waals surface area (Å²) in [7, 11) is 0. The molecule has 0 spiro atoms. The summed E-state index contributed by atoms with van der Waals surface area (Å²) in [5, 5.41) is 27.5. The average Bonchev–Trinajstić information content (AvgIpc) is 3.25. The van der Waals surface area contributed by atoms with E-state index in [4.69, 9.17) is 16.0 Å². The number of nitrogens with zero attached hydrogens (tertiary/aromatic N) is 4. The van der Waals surface area contributed by atoms with Crippen LogP contribution in [-0.2, 0) is 4.79 Å². The minimum Gasteiger partial charge on any atom is -0.423 e. The smallest absolute Gasteiger partial charge is 0.302 e. The number of allylic oxidation sites excluding steroid dienone is 1. The molecule has 11 nitrogen and oxygen atoms in total. The maximum Gasteiger partial charge on any atom is 0.302 e. The number of nitrogens with one attached hydrogen (secondary N) is 3. The molecule has 1 amide bonds. The van der Waals surface area contributed by atoms with E-state index in [1.807, 2.05) is 13.0 Å². The lowest BCUT2D eigenvalue weighted by Gasteiger charge is -2.27. The van der Waals surface area contributed by atoms with Gasteiger partial charge < -0.3 is 15.1 Å². The van der Waals surface area contributed by atoms with E-state index < -0.39 is 17.8 Å². The van der Waals surface area contributed by atoms with Gasteiger partial charge >= 0.3 is 6.01 Å². The Bertz CT molecular complexity index is 1620. The van der Waals surface area contributed by atoms with Crippen molar-refractivity contribution >= 4 is 52.1 Å². The molecule has 5 rings (SSSR count). The van der Waals surface area contributed by atoms with E-state index in [-0.39, 0.29) is 39.9 Å². The number of amides is 1. The molecular weight excluding hydrogens is 517 g/mol. The zero-order chi connectivity index (χ0) is 27.0. The third-order valence-corrected chi connectivity index (χ3v) is 6.06. The fraction of sp³-hybridized carbons (Fsp3) is 0.120. The van der Waals surface area contributed by atoms with Crippen LogP contribution in [0.5, 0.6) is 0 Å². The largest absolute Gasteiger partial charge is 0.423 e. The van der Waals surface area contributed by atoms with Crippen molar-refractivity contribution in [3.05, 3.63) is 88.0 Å². The van der Waals surface area contributed by atoms with Crippen LogP contribution in [0.1, 0.15) is 24.1 Å². The Balaban J connectivity index is 1.49. The molecular formula is C25H21ClFN7O4. The number of aromatic nitrogens is 2. The standard InChI is InChI=1S/C25H21ClFN7O4/c1-12-3-5-16(17(26)9-12)22-21(23(35)31-20-11-15(34(36)37)7-8-28-20)13(2)29-24(32-22)33-25-30-18-6-4-14(27)10-19(18)38-25/h3-11,22,36-37H,1-2H3,(H,28,31,35)(H2,29,30,32,33). The van der Waals surface area contributed by atoms with Gasteiger partial charge in [0.2, 0.25) is 5.96 Å². The van der Waals surface area contributed by atoms with Crippen LogP contribution in [0.3, 0.4) is 0 Å². The summed E-state index contributed by atoms with van der Waals surface area (Å²) in [6.45, 7) is 3.58. The van der Waals surface area contributed by atoms with Crippen molar-refractivity contribution in [3.63, 3.8) is 0 Å². The second-order valence-corrected chi connectivity index (χ2v) is 8.87. The molecule has 2 aromatic carbocycles. The Morgan fingerprint density at radius 2 is 1.97 bits per heavy atom. The van der Waals surface area contributed by atoms with E-state index in [0.717, 1.165) is 5.56 Å². The summed E-state index contributed by atoms with van der Waals surface area (Å²) in [5.74, 6) is -0.684. The first-order valence-corrected chi connectivity index (χ1v) is 11.7. The Labute approximate surface area is 220 Å². The van der Waals surface area contributed by atoms with Gasteiger partial charge in [-0.25, -0.2) is 14.4 Å². The molecule has 38 heavy (non-hydrogen) atoms. The maximum absolute atomic E-state index is 13.6. The van der Waals surface area contributed by atoms with Gasteiger partial charge in [0, 0.05) is 34.6 Å². The number of hydrogen-bond donors (Lipinski definition) is 5. The first-order chi connectivity index (χ1) is 18.2. The van der Waals surface area contributed by atoms with Crippen molar-refractivity contribution in [1.29, 1.82) is 0 Å². The van der Waals surface area contributed by atoms with E-state index in [2.05, 4.69) is 30.9 Å². The summed E-state index contributed by atoms with van der Waals surface area (Å²) in [5.41, 5.74) is 2.91. The predicted molar refractivity (Wildman–Crippen MR) is 139 cm³/mol. The molecule has 5 N–H and O–H groups in total. The van der Waals surface area contributed by atoms with Crippen LogP contribution in [0.25, 0.3) is 11.1 Å². The van der Waals surface area contributed by atoms with E-state index in [1.165, 1.54) is 36.5 Å². The normalized spacial score (nSPS) is 15.2. The highest BCUT2D eigenvalue weighted by molar-refractivity contribution is 6.31. The lowest BCUT2D eigenvalue weighted by Crippen LogP contribution is -2.37. The summed E-state index contributed by atoms with van der Waals surface area (Å²) in [6, 6.07) is 11.3. The molecule has 0 radical (unpaired) electrons. The number of fused-ring (bicyclic) bond motifs is 1. The van der Waals surface area contributed by atoms with E-state index in [9.17, 15) is 19.6 Å². The highest BCUT2D eigenvalue weighted by Gasteiger charge is 2.31. The molecule has 0 saturated heterocycles. The van der Waals surface area contributed by atoms with Gasteiger partial charge in [-0.2, -0.15) is 4.98 Å². The average molecular weight is 538 g/mol. The zero-order valence-electron chi connectivity index (χ0n) is 20.0. The van der Waals surface area contributed by atoms with Crippen molar-refractivity contribution in [3.8, 4) is 0 Å². The lowest BCUT2D eigenvalue weighted by atomic mass is 9.95. The molecule has 1 aliphatic heterocycles. The topological polar surface area (TPSA) is 148 Å². The number of oxazole rings is 1. The molecule has 1 aliphatic rings. The number of hydrogen-bond acceptors (Lipinski definition) is 10. The fourth-order valence-electron chi connectivity index (χ4n) is 3.96. The lowest BCUT2D eigenvalue weighted by molar-refractivity contribution is -0.113. The van der Waals surface area contributed by atoms with Gasteiger partial charge in [-0.15, -0.1) is 5.23 Å². The number of aliphatic imine (C=N–C) groups is 1. The number of benzene rings is 2. The van der Waals surface area contributed by atoms with Gasteiger partial charge in [0.15, 0.2) is 5.58 Å². The van der Waals surface area contributed by atoms with Crippen LogP contribution in [0.2, 0.25) is 5.02 Å². The first-order valence-electron chi connectivity index (χ1n) is 11.3. The summed E-state index contributed by atoms with van der Waals surface area (Å²) < 4.78 is 19.2. The van der Waals surface area contributed by atoms with Gasteiger partial charge in [-0.3, -0.25) is 20.5 Å². The van der Waals surface area contributed by atoms with Crippen molar-refractivity contribution in [2.24, 2.45) is 4.99 Å². The molecule has 0 saturated carbocycles. The van der Waals surface area contributed by atoms with Crippen molar-refractivity contribution in [2.75, 3.05) is 15.9 Å². The maximum atomic E-state index is 13.6. The molecule has 4 aromatic rings. The minimum absolute atomic E-state index is 0.00335. The molecule has 2 aromatic heterocycles. The molecule has 0 aliphatic carbocycles. The van der Waals surface area contributed by atoms with E-state index >= 15 is 0 Å². The van der Waals surface area contributed by atoms with Crippen molar-refractivity contribution < 1.29 is 24.0 Å². The van der Waals surface area contributed by atoms with Crippen LogP contribution in [-0.4, -0.2) is 32.2 Å². The quantitative estimate of drug-likeness (QED) is 0.223. The number of carbonyl (C=O) groups is 1. The number of carbonyl (C=O) groups excluding carboxylic acids is 1. The first kappa shape index (κ1) is 25.1. The number of pyridine rings is 1. The number of guanidine groups is 1. The zero-order valence-corrected chi connectivity index (χ0v) is 20.8. The van der Waals surface area contributed by atoms with Crippen LogP contribution in [0.15, 0.2) is 75.4 Å². The van der Waals surface area contributed by atoms with Gasteiger partial charge in [-0.05, 0) is 43.7 Å². The number of halogens is 2. The van der Waals surface area contributed by atoms with Crippen LogP contribution in [0, 0.1) is 12.7 Å². The monoisotopic (exact) mass is 537 g/mol. The number of rotatable bonds is 5. The molecule has 0 fully saturated rings. The van der Waals surface area contributed by atoms with Crippen molar-refractivity contribution in [2.45, 2.75) is 19.9 Å². The molecule has 1 unspecified atom stereocenters. The third-order valence-electron chi connectivity index (χ3n) is 5.73. The molecule has 194 valence electrons. The second-order valence-electron chi connectivity index (χ2n) is 8.47. The Hall–Kier alpha value is -4.52. The van der Waals surface area contributed by atoms with Gasteiger partial charge in [-0.1, -0.05) is 23.7 Å². The van der Waals surface area contributed by atoms with Crippen molar-refractivity contribution in [1.82, 2.24) is 15.3 Å². The predicted octanol–water partition coefficient (Wildman–Crippen LogP) is 4.93. The summed E-state index contributed by atoms with van der Waals surface area (Å²) in [4.78, 5) is 26.5. The molecule has 0 bridgehead atoms. The van der Waals surface area contributed by atoms with Gasteiger partial charge in [0.1, 0.15) is 23.2 Å². The number of aryl methyl sites for hydroxylation is 1. The van der Waals surface area contributed by atoms with E-state index in [1.54, 1.807) is 19.1 Å². The van der Waals surface area contributed by atoms with Gasteiger partial charge in [0.25, 0.3) is 5.91 Å². The minimum atomic E-state index is -0.843. The highest BCUT2D eigenvalue weighted by atomic mass is 35.5. The second kappa shape index (κ2) is 10.1. The van der Waals surface area contributed by atoms with Crippen LogP contribution < -0.4 is 21.2 Å². The summed E-state index contributed by atoms with van der Waals surface area (Å²) in [6.07, 6.45) is 1.31.